The van der Waals surface area contributed by atoms with Gasteiger partial charge in [0.25, 0.3) is 0 Å². The van der Waals surface area contributed by atoms with Gasteiger partial charge >= 0.3 is 0 Å². The van der Waals surface area contributed by atoms with Crippen LogP contribution in [0.15, 0.2) is 150 Å². The van der Waals surface area contributed by atoms with Crippen molar-refractivity contribution in [3.05, 3.63) is 157 Å². The molecule has 0 aliphatic heterocycles. The summed E-state index contributed by atoms with van der Waals surface area (Å²) in [5.74, 6) is 0. The minimum absolute atomic E-state index is 0.126. The first-order valence-corrected chi connectivity index (χ1v) is 16.8. The SMILES string of the molecule is CC1(C)c2cc(-c3cc4cccc5ccc6cccc3c6c54)ccc2-c2cc3c(-c4ccc5oc6ccccc6c5c4)cccc3cc21. The Bertz CT molecular complexity index is 2970. The zero-order chi connectivity index (χ0) is 31.7. The predicted molar refractivity (Wildman–Crippen MR) is 203 cm³/mol. The van der Waals surface area contributed by atoms with Crippen molar-refractivity contribution >= 4 is 65.0 Å². The molecule has 9 aromatic carbocycles. The topological polar surface area (TPSA) is 13.1 Å². The fraction of sp³-hybridized carbons (Fsp3) is 0.0638. The van der Waals surface area contributed by atoms with Crippen molar-refractivity contribution in [2.75, 3.05) is 0 Å². The van der Waals surface area contributed by atoms with Gasteiger partial charge in [-0.2, -0.15) is 0 Å². The Balaban J connectivity index is 1.10. The van der Waals surface area contributed by atoms with Crippen molar-refractivity contribution in [3.8, 4) is 33.4 Å². The lowest BCUT2D eigenvalue weighted by Crippen LogP contribution is -2.15. The van der Waals surface area contributed by atoms with E-state index in [1.807, 2.05) is 12.1 Å². The van der Waals surface area contributed by atoms with E-state index in [-0.39, 0.29) is 5.41 Å². The quantitative estimate of drug-likeness (QED) is 0.178. The van der Waals surface area contributed by atoms with Crippen LogP contribution in [0.25, 0.3) is 98.4 Å². The summed E-state index contributed by atoms with van der Waals surface area (Å²) >= 11 is 0. The van der Waals surface area contributed by atoms with Crippen LogP contribution >= 0.6 is 0 Å². The van der Waals surface area contributed by atoms with Crippen molar-refractivity contribution in [2.24, 2.45) is 0 Å². The second kappa shape index (κ2) is 9.12. The Morgan fingerprint density at radius 3 is 1.98 bits per heavy atom. The molecule has 0 unspecified atom stereocenters. The predicted octanol–water partition coefficient (Wildman–Crippen LogP) is 13.3. The molecule has 0 radical (unpaired) electrons. The molecule has 1 aliphatic carbocycles. The van der Waals surface area contributed by atoms with Gasteiger partial charge in [0.05, 0.1) is 0 Å². The van der Waals surface area contributed by atoms with Crippen LogP contribution < -0.4 is 0 Å². The first kappa shape index (κ1) is 26.2. The maximum absolute atomic E-state index is 6.15. The molecule has 0 bridgehead atoms. The Morgan fingerprint density at radius 1 is 0.375 bits per heavy atom. The van der Waals surface area contributed by atoms with E-state index in [0.29, 0.717) is 0 Å². The largest absolute Gasteiger partial charge is 0.456 e. The lowest BCUT2D eigenvalue weighted by atomic mass is 9.80. The molecule has 0 saturated carbocycles. The molecule has 1 heterocycles. The smallest absolute Gasteiger partial charge is 0.135 e. The van der Waals surface area contributed by atoms with Crippen LogP contribution in [-0.4, -0.2) is 0 Å². The lowest BCUT2D eigenvalue weighted by Gasteiger charge is -2.23. The molecular weight excluding hydrogens is 581 g/mol. The monoisotopic (exact) mass is 610 g/mol. The van der Waals surface area contributed by atoms with Crippen LogP contribution in [0.4, 0.5) is 0 Å². The summed E-state index contributed by atoms with van der Waals surface area (Å²) in [5.41, 5.74) is 12.2. The number of furan rings is 1. The maximum Gasteiger partial charge on any atom is 0.135 e. The molecule has 0 fully saturated rings. The first-order chi connectivity index (χ1) is 23.5. The minimum Gasteiger partial charge on any atom is -0.456 e. The number of hydrogen-bond acceptors (Lipinski definition) is 1. The molecule has 1 aromatic heterocycles. The van der Waals surface area contributed by atoms with Crippen LogP contribution in [0.2, 0.25) is 0 Å². The average molecular weight is 611 g/mol. The van der Waals surface area contributed by atoms with E-state index in [1.54, 1.807) is 0 Å². The third kappa shape index (κ3) is 3.40. The Hall–Kier alpha value is -5.92. The van der Waals surface area contributed by atoms with E-state index in [2.05, 4.69) is 147 Å². The van der Waals surface area contributed by atoms with Gasteiger partial charge in [-0.3, -0.25) is 0 Å². The summed E-state index contributed by atoms with van der Waals surface area (Å²) in [7, 11) is 0. The standard InChI is InChI=1S/C47H30O/c1-47(2)41-25-31(37-23-32-11-5-8-27-16-17-28-9-6-14-36(37)46(28)45(27)32)18-20-34(41)39-26-38-29(24-42(39)47)10-7-13-33(38)30-19-21-44-40(22-30)35-12-3-4-15-43(35)48-44/h3-26H,1-2H3. The fourth-order valence-electron chi connectivity index (χ4n) is 8.82. The van der Waals surface area contributed by atoms with Gasteiger partial charge in [0.15, 0.2) is 0 Å². The van der Waals surface area contributed by atoms with Gasteiger partial charge in [-0.05, 0) is 130 Å². The number of para-hydroxylation sites is 1. The Morgan fingerprint density at radius 2 is 1.06 bits per heavy atom. The molecule has 1 nitrogen and oxygen atoms in total. The summed E-state index contributed by atoms with van der Waals surface area (Å²) in [6, 6.07) is 54.1. The van der Waals surface area contributed by atoms with Crippen LogP contribution in [0.3, 0.4) is 0 Å². The van der Waals surface area contributed by atoms with Crippen molar-refractivity contribution in [3.63, 3.8) is 0 Å². The summed E-state index contributed by atoms with van der Waals surface area (Å²) in [6.07, 6.45) is 0. The third-order valence-corrected chi connectivity index (χ3v) is 11.2. The molecule has 11 rings (SSSR count). The van der Waals surface area contributed by atoms with Gasteiger partial charge in [-0.15, -0.1) is 0 Å². The molecule has 224 valence electrons. The Kier molecular flexibility index (Phi) is 4.97. The number of benzene rings is 9. The van der Waals surface area contributed by atoms with Gasteiger partial charge in [-0.1, -0.05) is 117 Å². The van der Waals surface area contributed by atoms with E-state index in [9.17, 15) is 0 Å². The van der Waals surface area contributed by atoms with Gasteiger partial charge in [0.2, 0.25) is 0 Å². The highest BCUT2D eigenvalue weighted by atomic mass is 16.3. The molecule has 0 amide bonds. The van der Waals surface area contributed by atoms with E-state index in [1.165, 1.54) is 87.6 Å². The summed E-state index contributed by atoms with van der Waals surface area (Å²) in [4.78, 5) is 0. The third-order valence-electron chi connectivity index (χ3n) is 11.2. The van der Waals surface area contributed by atoms with Crippen molar-refractivity contribution in [1.82, 2.24) is 0 Å². The van der Waals surface area contributed by atoms with E-state index in [4.69, 9.17) is 4.42 Å². The summed E-state index contributed by atoms with van der Waals surface area (Å²) < 4.78 is 6.15. The highest BCUT2D eigenvalue weighted by molar-refractivity contribution is 6.26. The molecular formula is C47H30O. The van der Waals surface area contributed by atoms with Gasteiger partial charge in [-0.25, -0.2) is 0 Å². The van der Waals surface area contributed by atoms with E-state index >= 15 is 0 Å². The molecule has 1 heteroatoms. The fourth-order valence-corrected chi connectivity index (χ4v) is 8.82. The summed E-state index contributed by atoms with van der Waals surface area (Å²) in [6.45, 7) is 4.78. The highest BCUT2D eigenvalue weighted by Crippen LogP contribution is 2.52. The normalized spacial score (nSPS) is 13.8. The second-order valence-electron chi connectivity index (χ2n) is 14.1. The van der Waals surface area contributed by atoms with E-state index < -0.39 is 0 Å². The molecule has 48 heavy (non-hydrogen) atoms. The second-order valence-corrected chi connectivity index (χ2v) is 14.1. The van der Waals surface area contributed by atoms with Gasteiger partial charge in [0.1, 0.15) is 11.2 Å². The van der Waals surface area contributed by atoms with E-state index in [0.717, 1.165) is 21.9 Å². The zero-order valence-corrected chi connectivity index (χ0v) is 26.8. The molecule has 0 saturated heterocycles. The maximum atomic E-state index is 6.15. The number of fused-ring (bicyclic) bond motifs is 7. The van der Waals surface area contributed by atoms with Crippen molar-refractivity contribution < 1.29 is 4.42 Å². The number of hydrogen-bond donors (Lipinski definition) is 0. The van der Waals surface area contributed by atoms with Gasteiger partial charge < -0.3 is 4.42 Å². The first-order valence-electron chi connectivity index (χ1n) is 16.8. The molecule has 10 aromatic rings. The Labute approximate surface area is 278 Å². The van der Waals surface area contributed by atoms with Crippen LogP contribution in [0, 0.1) is 0 Å². The van der Waals surface area contributed by atoms with Crippen molar-refractivity contribution in [1.29, 1.82) is 0 Å². The van der Waals surface area contributed by atoms with Crippen molar-refractivity contribution in [2.45, 2.75) is 19.3 Å². The lowest BCUT2D eigenvalue weighted by molar-refractivity contribution is 0.661. The average Bonchev–Trinajstić information content (AvgIpc) is 3.60. The van der Waals surface area contributed by atoms with Crippen LogP contribution in [-0.2, 0) is 5.41 Å². The zero-order valence-electron chi connectivity index (χ0n) is 26.8. The minimum atomic E-state index is -0.126. The molecule has 0 atom stereocenters. The molecule has 1 aliphatic rings. The van der Waals surface area contributed by atoms with Gasteiger partial charge in [0, 0.05) is 16.2 Å². The van der Waals surface area contributed by atoms with Crippen LogP contribution in [0.1, 0.15) is 25.0 Å². The van der Waals surface area contributed by atoms with Crippen LogP contribution in [0.5, 0.6) is 0 Å². The number of rotatable bonds is 2. The highest BCUT2D eigenvalue weighted by Gasteiger charge is 2.36. The molecule has 0 spiro atoms. The summed E-state index contributed by atoms with van der Waals surface area (Å²) in [5, 5.41) is 12.8. The molecule has 0 N–H and O–H groups in total.